The number of carbonyl (C=O) groups is 1. The Hall–Kier alpha value is -2.40. The van der Waals surface area contributed by atoms with Gasteiger partial charge in [-0.15, -0.1) is 0 Å². The zero-order valence-corrected chi connectivity index (χ0v) is 15.5. The molecular weight excluding hydrogens is 331 g/mol. The Bertz CT molecular complexity index is 751. The van der Waals surface area contributed by atoms with Crippen LogP contribution in [0.3, 0.4) is 0 Å². The molecule has 1 saturated heterocycles. The number of morpholine rings is 1. The second-order valence-electron chi connectivity index (χ2n) is 7.61. The lowest BCUT2D eigenvalue weighted by atomic mass is 9.87. The number of urea groups is 1. The number of amides is 2. The number of carbonyl (C=O) groups excluding carboxylic acids is 1. The molecule has 2 amide bonds. The minimum Gasteiger partial charge on any atom is -0.370 e. The minimum absolute atomic E-state index is 0.0785. The summed E-state index contributed by atoms with van der Waals surface area (Å²) in [7, 11) is 0. The largest absolute Gasteiger partial charge is 0.370 e. The summed E-state index contributed by atoms with van der Waals surface area (Å²) >= 11 is 0. The van der Waals surface area contributed by atoms with Gasteiger partial charge in [0.15, 0.2) is 0 Å². The van der Waals surface area contributed by atoms with Crippen LogP contribution in [-0.2, 0) is 10.2 Å². The van der Waals surface area contributed by atoms with E-state index >= 15 is 0 Å². The summed E-state index contributed by atoms with van der Waals surface area (Å²) < 4.78 is 18.8. The van der Waals surface area contributed by atoms with Crippen molar-refractivity contribution in [1.29, 1.82) is 0 Å². The number of halogens is 1. The third-order valence-corrected chi connectivity index (χ3v) is 4.60. The Morgan fingerprint density at radius 3 is 2.38 bits per heavy atom. The maximum absolute atomic E-state index is 13.1. The predicted octanol–water partition coefficient (Wildman–Crippen LogP) is 4.73. The molecule has 1 N–H and O–H groups in total. The highest BCUT2D eigenvalue weighted by molar-refractivity contribution is 5.89. The van der Waals surface area contributed by atoms with E-state index in [4.69, 9.17) is 4.74 Å². The van der Waals surface area contributed by atoms with Crippen molar-refractivity contribution < 1.29 is 13.9 Å². The van der Waals surface area contributed by atoms with Gasteiger partial charge in [-0.05, 0) is 40.8 Å². The lowest BCUT2D eigenvalue weighted by Crippen LogP contribution is -2.44. The predicted molar refractivity (Wildman–Crippen MR) is 101 cm³/mol. The molecule has 4 nitrogen and oxygen atoms in total. The Balaban J connectivity index is 1.63. The fourth-order valence-corrected chi connectivity index (χ4v) is 2.97. The molecule has 0 saturated carbocycles. The second-order valence-corrected chi connectivity index (χ2v) is 7.61. The highest BCUT2D eigenvalue weighted by atomic mass is 19.1. The van der Waals surface area contributed by atoms with Crippen molar-refractivity contribution in [3.05, 3.63) is 65.5 Å². The van der Waals surface area contributed by atoms with E-state index in [2.05, 4.69) is 26.1 Å². The Labute approximate surface area is 154 Å². The molecule has 1 aliphatic heterocycles. The number of nitrogens with one attached hydrogen (secondary N) is 1. The van der Waals surface area contributed by atoms with Crippen molar-refractivity contribution in [2.24, 2.45) is 0 Å². The fraction of sp³-hybridized carbons (Fsp3) is 0.381. The molecule has 1 unspecified atom stereocenters. The number of ether oxygens (including phenoxy) is 1. The van der Waals surface area contributed by atoms with Crippen LogP contribution < -0.4 is 5.32 Å². The van der Waals surface area contributed by atoms with E-state index in [1.807, 2.05) is 24.3 Å². The van der Waals surface area contributed by atoms with Gasteiger partial charge in [-0.2, -0.15) is 0 Å². The minimum atomic E-state index is -0.280. The molecular formula is C21H25FN2O2. The fourth-order valence-electron chi connectivity index (χ4n) is 2.97. The summed E-state index contributed by atoms with van der Waals surface area (Å²) in [5.41, 5.74) is 2.94. The van der Waals surface area contributed by atoms with E-state index in [1.165, 1.54) is 17.7 Å². The summed E-state index contributed by atoms with van der Waals surface area (Å²) in [6.07, 6.45) is -0.238. The third-order valence-electron chi connectivity index (χ3n) is 4.60. The van der Waals surface area contributed by atoms with E-state index in [1.54, 1.807) is 17.0 Å². The molecule has 0 bridgehead atoms. The van der Waals surface area contributed by atoms with Gasteiger partial charge in [0.2, 0.25) is 0 Å². The van der Waals surface area contributed by atoms with Crippen molar-refractivity contribution in [2.75, 3.05) is 25.0 Å². The molecule has 0 spiro atoms. The van der Waals surface area contributed by atoms with Gasteiger partial charge in [-0.3, -0.25) is 0 Å². The highest BCUT2D eigenvalue weighted by Gasteiger charge is 2.25. The number of rotatable bonds is 2. The van der Waals surface area contributed by atoms with Gasteiger partial charge in [0.25, 0.3) is 0 Å². The SMILES string of the molecule is CC(C)(C)c1ccc(NC(=O)N2CCOC(c3ccc(F)cc3)C2)cc1. The topological polar surface area (TPSA) is 41.6 Å². The van der Waals surface area contributed by atoms with Crippen LogP contribution in [0.1, 0.15) is 38.0 Å². The van der Waals surface area contributed by atoms with E-state index in [9.17, 15) is 9.18 Å². The number of anilines is 1. The average Bonchev–Trinajstić information content (AvgIpc) is 2.62. The number of hydrogen-bond acceptors (Lipinski definition) is 2. The molecule has 5 heteroatoms. The van der Waals surface area contributed by atoms with Gasteiger partial charge in [0, 0.05) is 12.2 Å². The third kappa shape index (κ3) is 4.41. The van der Waals surface area contributed by atoms with E-state index in [0.29, 0.717) is 19.7 Å². The molecule has 26 heavy (non-hydrogen) atoms. The van der Waals surface area contributed by atoms with E-state index in [-0.39, 0.29) is 23.4 Å². The highest BCUT2D eigenvalue weighted by Crippen LogP contribution is 2.25. The van der Waals surface area contributed by atoms with Crippen LogP contribution in [0.5, 0.6) is 0 Å². The zero-order chi connectivity index (χ0) is 18.7. The van der Waals surface area contributed by atoms with E-state index < -0.39 is 0 Å². The molecule has 138 valence electrons. The Morgan fingerprint density at radius 2 is 1.77 bits per heavy atom. The normalized spacial score (nSPS) is 17.8. The van der Waals surface area contributed by atoms with Crippen molar-refractivity contribution in [2.45, 2.75) is 32.3 Å². The second kappa shape index (κ2) is 7.46. The van der Waals surface area contributed by atoms with Crippen molar-refractivity contribution in [3.63, 3.8) is 0 Å². The number of hydrogen-bond donors (Lipinski definition) is 1. The van der Waals surface area contributed by atoms with Crippen LogP contribution >= 0.6 is 0 Å². The van der Waals surface area contributed by atoms with Crippen LogP contribution in [0.15, 0.2) is 48.5 Å². The first kappa shape index (κ1) is 18.4. The van der Waals surface area contributed by atoms with Gasteiger partial charge >= 0.3 is 6.03 Å². The molecule has 0 aromatic heterocycles. The molecule has 1 heterocycles. The maximum atomic E-state index is 13.1. The lowest BCUT2D eigenvalue weighted by Gasteiger charge is -2.33. The van der Waals surface area contributed by atoms with Gasteiger partial charge < -0.3 is 15.0 Å². The van der Waals surface area contributed by atoms with E-state index in [0.717, 1.165) is 11.3 Å². The van der Waals surface area contributed by atoms with Crippen LogP contribution in [0, 0.1) is 5.82 Å². The first-order valence-electron chi connectivity index (χ1n) is 8.86. The average molecular weight is 356 g/mol. The van der Waals surface area contributed by atoms with Gasteiger partial charge in [-0.25, -0.2) is 9.18 Å². The first-order valence-corrected chi connectivity index (χ1v) is 8.86. The molecule has 3 rings (SSSR count). The molecule has 2 aromatic rings. The molecule has 2 aromatic carbocycles. The summed E-state index contributed by atoms with van der Waals surface area (Å²) in [5.74, 6) is -0.280. The monoisotopic (exact) mass is 356 g/mol. The van der Waals surface area contributed by atoms with Gasteiger partial charge in [0.1, 0.15) is 11.9 Å². The quantitative estimate of drug-likeness (QED) is 0.845. The van der Waals surface area contributed by atoms with Crippen molar-refractivity contribution >= 4 is 11.7 Å². The zero-order valence-electron chi connectivity index (χ0n) is 15.5. The van der Waals surface area contributed by atoms with Crippen molar-refractivity contribution in [1.82, 2.24) is 4.90 Å². The summed E-state index contributed by atoms with van der Waals surface area (Å²) in [5, 5.41) is 2.94. The molecule has 0 aliphatic carbocycles. The van der Waals surface area contributed by atoms with Crippen LogP contribution in [0.2, 0.25) is 0 Å². The lowest BCUT2D eigenvalue weighted by molar-refractivity contribution is -0.0135. The summed E-state index contributed by atoms with van der Waals surface area (Å²) in [6.45, 7) is 7.90. The first-order chi connectivity index (χ1) is 12.3. The molecule has 1 atom stereocenters. The van der Waals surface area contributed by atoms with Gasteiger partial charge in [0.05, 0.1) is 13.2 Å². The smallest absolute Gasteiger partial charge is 0.322 e. The van der Waals surface area contributed by atoms with Crippen LogP contribution in [0.25, 0.3) is 0 Å². The Kier molecular flexibility index (Phi) is 5.28. The molecule has 1 fully saturated rings. The van der Waals surface area contributed by atoms with Crippen molar-refractivity contribution in [3.8, 4) is 0 Å². The summed E-state index contributed by atoms with van der Waals surface area (Å²) in [6, 6.07) is 14.0. The summed E-state index contributed by atoms with van der Waals surface area (Å²) in [4.78, 5) is 14.3. The van der Waals surface area contributed by atoms with Gasteiger partial charge in [-0.1, -0.05) is 45.0 Å². The molecule has 1 aliphatic rings. The maximum Gasteiger partial charge on any atom is 0.322 e. The van der Waals surface area contributed by atoms with Crippen LogP contribution in [-0.4, -0.2) is 30.6 Å². The van der Waals surface area contributed by atoms with Crippen LogP contribution in [0.4, 0.5) is 14.9 Å². The number of benzene rings is 2. The number of nitrogens with zero attached hydrogens (tertiary/aromatic N) is 1. The standard InChI is InChI=1S/C21H25FN2O2/c1-21(2,3)16-6-10-18(11-7-16)23-20(25)24-12-13-26-19(14-24)15-4-8-17(22)9-5-15/h4-11,19H,12-14H2,1-3H3,(H,23,25). The Morgan fingerprint density at radius 1 is 1.12 bits per heavy atom. The molecule has 0 radical (unpaired) electrons.